The maximum Gasteiger partial charge on any atom is 0.393 e. The molecular weight excluding hydrogens is 393 g/mol. The number of likely N-dealkylation sites (tertiary alicyclic amines) is 1. The quantitative estimate of drug-likeness (QED) is 0.737. The van der Waals surface area contributed by atoms with Gasteiger partial charge >= 0.3 is 6.18 Å². The van der Waals surface area contributed by atoms with Crippen LogP contribution in [0.15, 0.2) is 18.2 Å². The van der Waals surface area contributed by atoms with E-state index < -0.39 is 18.0 Å². The molecule has 0 saturated carbocycles. The fourth-order valence-corrected chi connectivity index (χ4v) is 4.29. The Kier molecular flexibility index (Phi) is 5.83. The van der Waals surface area contributed by atoms with Gasteiger partial charge in [-0.25, -0.2) is 4.98 Å². The van der Waals surface area contributed by atoms with Gasteiger partial charge in [-0.15, -0.1) is 11.3 Å². The smallest absolute Gasteiger partial charge is 0.393 e. The number of hydrogen-bond acceptors (Lipinski definition) is 5. The van der Waals surface area contributed by atoms with Crippen molar-refractivity contribution < 1.29 is 27.4 Å². The molecule has 1 saturated heterocycles. The molecule has 2 aromatic rings. The van der Waals surface area contributed by atoms with Crippen molar-refractivity contribution in [3.05, 3.63) is 28.8 Å². The highest BCUT2D eigenvalue weighted by Crippen LogP contribution is 2.37. The Labute approximate surface area is 165 Å². The number of benzene rings is 1. The van der Waals surface area contributed by atoms with Crippen molar-refractivity contribution in [2.45, 2.75) is 25.9 Å². The van der Waals surface area contributed by atoms with E-state index in [1.165, 1.54) is 30.5 Å². The van der Waals surface area contributed by atoms with Gasteiger partial charge in [-0.05, 0) is 38.0 Å². The minimum atomic E-state index is -4.29. The predicted octanol–water partition coefficient (Wildman–Crippen LogP) is 4.55. The molecular formula is C19H21F3N2O3S. The van der Waals surface area contributed by atoms with Crippen LogP contribution in [-0.4, -0.2) is 49.3 Å². The Hall–Kier alpha value is -2.29. The molecule has 0 unspecified atom stereocenters. The van der Waals surface area contributed by atoms with Gasteiger partial charge in [0.15, 0.2) is 11.5 Å². The molecule has 152 valence electrons. The maximum atomic E-state index is 13.0. The highest BCUT2D eigenvalue weighted by atomic mass is 32.1. The van der Waals surface area contributed by atoms with Crippen LogP contribution in [-0.2, 0) is 0 Å². The van der Waals surface area contributed by atoms with E-state index in [2.05, 4.69) is 4.98 Å². The molecule has 1 aliphatic heterocycles. The Morgan fingerprint density at radius 2 is 1.96 bits per heavy atom. The summed E-state index contributed by atoms with van der Waals surface area (Å²) < 4.78 is 49.7. The van der Waals surface area contributed by atoms with Crippen molar-refractivity contribution in [2.24, 2.45) is 5.92 Å². The fourth-order valence-electron chi connectivity index (χ4n) is 3.26. The van der Waals surface area contributed by atoms with Gasteiger partial charge in [0.05, 0.1) is 25.8 Å². The minimum absolute atomic E-state index is 0.0614. The predicted molar refractivity (Wildman–Crippen MR) is 100 cm³/mol. The number of rotatable bonds is 4. The average Bonchev–Trinajstić information content (AvgIpc) is 3.07. The third-order valence-corrected chi connectivity index (χ3v) is 5.99. The number of thiazole rings is 1. The first-order valence-corrected chi connectivity index (χ1v) is 9.62. The first-order valence-electron chi connectivity index (χ1n) is 8.80. The second kappa shape index (κ2) is 7.98. The number of methoxy groups -OCH3 is 2. The monoisotopic (exact) mass is 414 g/mol. The zero-order valence-electron chi connectivity index (χ0n) is 15.8. The van der Waals surface area contributed by atoms with Crippen LogP contribution in [0.1, 0.15) is 28.2 Å². The van der Waals surface area contributed by atoms with E-state index in [1.54, 1.807) is 25.1 Å². The van der Waals surface area contributed by atoms with Crippen molar-refractivity contribution in [3.8, 4) is 22.1 Å². The number of piperidine rings is 1. The number of nitrogens with zero attached hydrogens (tertiary/aromatic N) is 2. The molecule has 5 nitrogen and oxygen atoms in total. The van der Waals surface area contributed by atoms with E-state index in [0.29, 0.717) is 40.0 Å². The normalized spacial score (nSPS) is 17.5. The Morgan fingerprint density at radius 3 is 2.61 bits per heavy atom. The maximum absolute atomic E-state index is 13.0. The van der Waals surface area contributed by atoms with Gasteiger partial charge < -0.3 is 14.4 Å². The van der Waals surface area contributed by atoms with E-state index in [9.17, 15) is 18.0 Å². The van der Waals surface area contributed by atoms with E-state index >= 15 is 0 Å². The summed E-state index contributed by atoms with van der Waals surface area (Å²) in [5, 5.41) is 0.603. The van der Waals surface area contributed by atoms with E-state index in [0.717, 1.165) is 5.56 Å². The van der Waals surface area contributed by atoms with E-state index in [1.807, 2.05) is 0 Å². The van der Waals surface area contributed by atoms with Crippen LogP contribution in [0.4, 0.5) is 13.2 Å². The second-order valence-electron chi connectivity index (χ2n) is 6.64. The highest BCUT2D eigenvalue weighted by Gasteiger charge is 2.43. The molecule has 1 fully saturated rings. The molecule has 0 bridgehead atoms. The lowest BCUT2D eigenvalue weighted by Crippen LogP contribution is -2.44. The summed E-state index contributed by atoms with van der Waals surface area (Å²) in [6.45, 7) is 1.72. The van der Waals surface area contributed by atoms with E-state index in [4.69, 9.17) is 9.47 Å². The Balaban J connectivity index is 1.85. The summed E-state index contributed by atoms with van der Waals surface area (Å²) >= 11 is 1.18. The number of halogens is 3. The topological polar surface area (TPSA) is 51.7 Å². The summed E-state index contributed by atoms with van der Waals surface area (Å²) in [5.74, 6) is -0.758. The minimum Gasteiger partial charge on any atom is -0.493 e. The Bertz CT molecular complexity index is 867. The molecule has 1 amide bonds. The first-order chi connectivity index (χ1) is 13.2. The SMILES string of the molecule is COc1ccc(-c2nc(C)c(C(=O)N3CCC[C@@H](C(F)(F)F)C3)s2)cc1OC. The van der Waals surface area contributed by atoms with Gasteiger partial charge in [-0.2, -0.15) is 13.2 Å². The van der Waals surface area contributed by atoms with Crippen molar-refractivity contribution in [2.75, 3.05) is 27.3 Å². The zero-order valence-corrected chi connectivity index (χ0v) is 16.6. The van der Waals surface area contributed by atoms with Crippen molar-refractivity contribution in [1.82, 2.24) is 9.88 Å². The lowest BCUT2D eigenvalue weighted by atomic mass is 9.97. The molecule has 1 atom stereocenters. The molecule has 9 heteroatoms. The summed E-state index contributed by atoms with van der Waals surface area (Å²) in [7, 11) is 3.06. The van der Waals surface area contributed by atoms with Crippen LogP contribution in [0.2, 0.25) is 0 Å². The summed E-state index contributed by atoms with van der Waals surface area (Å²) in [5.41, 5.74) is 1.26. The van der Waals surface area contributed by atoms with Crippen molar-refractivity contribution in [3.63, 3.8) is 0 Å². The van der Waals surface area contributed by atoms with Crippen LogP contribution < -0.4 is 9.47 Å². The second-order valence-corrected chi connectivity index (χ2v) is 7.63. The van der Waals surface area contributed by atoms with Gasteiger partial charge in [-0.3, -0.25) is 4.79 Å². The Morgan fingerprint density at radius 1 is 1.25 bits per heavy atom. The van der Waals surface area contributed by atoms with Crippen LogP contribution in [0.3, 0.4) is 0 Å². The van der Waals surface area contributed by atoms with Crippen LogP contribution in [0, 0.1) is 12.8 Å². The molecule has 1 aromatic carbocycles. The first kappa shape index (κ1) is 20.4. The molecule has 2 heterocycles. The summed E-state index contributed by atoms with van der Waals surface area (Å²) in [4.78, 5) is 19.0. The molecule has 0 spiro atoms. The van der Waals surface area contributed by atoms with Crippen molar-refractivity contribution in [1.29, 1.82) is 0 Å². The fraction of sp³-hybridized carbons (Fsp3) is 0.474. The number of hydrogen-bond donors (Lipinski definition) is 0. The van der Waals surface area contributed by atoms with Crippen LogP contribution >= 0.6 is 11.3 Å². The molecule has 0 radical (unpaired) electrons. The zero-order chi connectivity index (χ0) is 20.5. The molecule has 28 heavy (non-hydrogen) atoms. The van der Waals surface area contributed by atoms with Gasteiger partial charge in [0.2, 0.25) is 0 Å². The number of carbonyl (C=O) groups is 1. The van der Waals surface area contributed by atoms with Gasteiger partial charge in [0.1, 0.15) is 9.88 Å². The van der Waals surface area contributed by atoms with Gasteiger partial charge in [-0.1, -0.05) is 0 Å². The number of amides is 1. The standard InChI is InChI=1S/C19H21F3N2O3S/c1-11-16(18(25)24-8-4-5-13(10-24)19(20,21)22)28-17(23-11)12-6-7-14(26-2)15(9-12)27-3/h6-7,9,13H,4-5,8,10H2,1-3H3/t13-/m1/s1. The lowest BCUT2D eigenvalue weighted by Gasteiger charge is -2.33. The van der Waals surface area contributed by atoms with Crippen molar-refractivity contribution >= 4 is 17.2 Å². The number of aryl methyl sites for hydroxylation is 1. The third-order valence-electron chi connectivity index (χ3n) is 4.79. The summed E-state index contributed by atoms with van der Waals surface area (Å²) in [6, 6.07) is 5.30. The lowest BCUT2D eigenvalue weighted by molar-refractivity contribution is -0.184. The van der Waals surface area contributed by atoms with Gasteiger partial charge in [0.25, 0.3) is 5.91 Å². The number of aromatic nitrogens is 1. The van der Waals surface area contributed by atoms with E-state index in [-0.39, 0.29) is 13.0 Å². The number of alkyl halides is 3. The average molecular weight is 414 g/mol. The molecule has 0 N–H and O–H groups in total. The largest absolute Gasteiger partial charge is 0.493 e. The van der Waals surface area contributed by atoms with Gasteiger partial charge in [0, 0.05) is 18.7 Å². The number of ether oxygens (including phenoxy) is 2. The highest BCUT2D eigenvalue weighted by molar-refractivity contribution is 7.17. The molecule has 0 aliphatic carbocycles. The van der Waals surface area contributed by atoms with Crippen LogP contribution in [0.5, 0.6) is 11.5 Å². The summed E-state index contributed by atoms with van der Waals surface area (Å²) in [6.07, 6.45) is -3.88. The van der Waals surface area contributed by atoms with Crippen LogP contribution in [0.25, 0.3) is 10.6 Å². The molecule has 3 rings (SSSR count). The molecule has 1 aliphatic rings. The third kappa shape index (κ3) is 4.09. The molecule has 1 aromatic heterocycles. The number of carbonyl (C=O) groups excluding carboxylic acids is 1.